The van der Waals surface area contributed by atoms with Gasteiger partial charge in [0.1, 0.15) is 6.10 Å². The molecule has 4 heteroatoms. The molecule has 2 rings (SSSR count). The van der Waals surface area contributed by atoms with Crippen molar-refractivity contribution in [2.75, 3.05) is 13.1 Å². The molecule has 0 bridgehead atoms. The number of hydrogen-bond donors (Lipinski definition) is 2. The summed E-state index contributed by atoms with van der Waals surface area (Å²) in [5, 5.41) is 2.95. The Kier molecular flexibility index (Phi) is 4.57. The zero-order valence-electron chi connectivity index (χ0n) is 10.3. The van der Waals surface area contributed by atoms with E-state index in [0.29, 0.717) is 6.54 Å². The average Bonchev–Trinajstić information content (AvgIpc) is 2.99. The van der Waals surface area contributed by atoms with Crippen molar-refractivity contribution >= 4 is 5.91 Å². The molecule has 1 aliphatic heterocycles. The van der Waals surface area contributed by atoms with Crippen molar-refractivity contribution in [1.82, 2.24) is 5.32 Å². The molecule has 0 radical (unpaired) electrons. The van der Waals surface area contributed by atoms with E-state index in [1.54, 1.807) is 0 Å². The first-order chi connectivity index (χ1) is 8.29. The molecule has 1 fully saturated rings. The first kappa shape index (κ1) is 12.6. The third kappa shape index (κ3) is 3.54. The van der Waals surface area contributed by atoms with Crippen LogP contribution < -0.4 is 11.1 Å². The summed E-state index contributed by atoms with van der Waals surface area (Å²) in [5.41, 5.74) is 7.00. The van der Waals surface area contributed by atoms with Gasteiger partial charge in [-0.2, -0.15) is 0 Å². The molecule has 4 nitrogen and oxygen atoms in total. The Morgan fingerprint density at radius 3 is 3.06 bits per heavy atom. The van der Waals surface area contributed by atoms with Crippen LogP contribution in [0.1, 0.15) is 38.5 Å². The number of allylic oxidation sites excluding steroid dienone is 1. The quantitative estimate of drug-likeness (QED) is 0.705. The fraction of sp³-hybridized carbons (Fsp3) is 0.769. The van der Waals surface area contributed by atoms with Gasteiger partial charge in [0.25, 0.3) is 0 Å². The Hall–Kier alpha value is -0.870. The largest absolute Gasteiger partial charge is 0.364 e. The summed E-state index contributed by atoms with van der Waals surface area (Å²) in [6, 6.07) is 0. The maximum Gasteiger partial charge on any atom is 0.249 e. The van der Waals surface area contributed by atoms with Crippen LogP contribution in [-0.4, -0.2) is 31.2 Å². The van der Waals surface area contributed by atoms with Gasteiger partial charge in [0.2, 0.25) is 5.91 Å². The van der Waals surface area contributed by atoms with Crippen LogP contribution in [0.5, 0.6) is 0 Å². The lowest BCUT2D eigenvalue weighted by molar-refractivity contribution is -0.131. The number of rotatable bonds is 5. The molecule has 0 aromatic rings. The highest BCUT2D eigenvalue weighted by atomic mass is 16.5. The first-order valence-corrected chi connectivity index (χ1v) is 6.60. The van der Waals surface area contributed by atoms with E-state index >= 15 is 0 Å². The van der Waals surface area contributed by atoms with Gasteiger partial charge in [-0.25, -0.2) is 0 Å². The van der Waals surface area contributed by atoms with E-state index in [2.05, 4.69) is 11.4 Å². The standard InChI is InChI=1S/C13H22N2O2/c14-9-11-5-6-12(17-11)13(16)15-8-7-10-3-1-2-4-10/h3,11-12H,1-2,4-9,14H2,(H,15,16). The van der Waals surface area contributed by atoms with Crippen LogP contribution in [-0.2, 0) is 9.53 Å². The second kappa shape index (κ2) is 6.17. The molecule has 2 unspecified atom stereocenters. The SMILES string of the molecule is NCC1CCC(C(=O)NCCC2=CCCC2)O1. The summed E-state index contributed by atoms with van der Waals surface area (Å²) in [7, 11) is 0. The van der Waals surface area contributed by atoms with E-state index in [4.69, 9.17) is 10.5 Å². The second-order valence-electron chi connectivity index (χ2n) is 4.86. The highest BCUT2D eigenvalue weighted by Gasteiger charge is 2.29. The Bertz CT molecular complexity index is 302. The van der Waals surface area contributed by atoms with Gasteiger partial charge in [-0.3, -0.25) is 4.79 Å². The van der Waals surface area contributed by atoms with Crippen LogP contribution >= 0.6 is 0 Å². The molecule has 2 atom stereocenters. The maximum atomic E-state index is 11.8. The predicted molar refractivity (Wildman–Crippen MR) is 66.5 cm³/mol. The van der Waals surface area contributed by atoms with Crippen molar-refractivity contribution in [3.8, 4) is 0 Å². The molecular weight excluding hydrogens is 216 g/mol. The van der Waals surface area contributed by atoms with Gasteiger partial charge in [0, 0.05) is 13.1 Å². The lowest BCUT2D eigenvalue weighted by atomic mass is 10.1. The molecule has 2 aliphatic rings. The Balaban J connectivity index is 1.64. The van der Waals surface area contributed by atoms with Crippen LogP contribution in [0.3, 0.4) is 0 Å². The summed E-state index contributed by atoms with van der Waals surface area (Å²) in [4.78, 5) is 11.8. The minimum Gasteiger partial charge on any atom is -0.364 e. The third-order valence-corrected chi connectivity index (χ3v) is 3.54. The van der Waals surface area contributed by atoms with Crippen LogP contribution in [0.25, 0.3) is 0 Å². The maximum absolute atomic E-state index is 11.8. The number of ether oxygens (including phenoxy) is 1. The van der Waals surface area contributed by atoms with Crippen molar-refractivity contribution in [3.05, 3.63) is 11.6 Å². The lowest BCUT2D eigenvalue weighted by Gasteiger charge is -2.12. The van der Waals surface area contributed by atoms with Gasteiger partial charge >= 0.3 is 0 Å². The summed E-state index contributed by atoms with van der Waals surface area (Å²) >= 11 is 0. The monoisotopic (exact) mass is 238 g/mol. The van der Waals surface area contributed by atoms with Gasteiger partial charge < -0.3 is 15.8 Å². The molecule has 3 N–H and O–H groups in total. The zero-order valence-corrected chi connectivity index (χ0v) is 10.3. The Morgan fingerprint density at radius 1 is 1.53 bits per heavy atom. The number of nitrogens with one attached hydrogen (secondary N) is 1. The topological polar surface area (TPSA) is 64.4 Å². The van der Waals surface area contributed by atoms with Gasteiger partial charge in [-0.1, -0.05) is 11.6 Å². The van der Waals surface area contributed by atoms with Crippen LogP contribution in [0.2, 0.25) is 0 Å². The molecule has 17 heavy (non-hydrogen) atoms. The third-order valence-electron chi connectivity index (χ3n) is 3.54. The highest BCUT2D eigenvalue weighted by molar-refractivity contribution is 5.81. The summed E-state index contributed by atoms with van der Waals surface area (Å²) in [6.07, 6.45) is 8.45. The van der Waals surface area contributed by atoms with E-state index in [1.807, 2.05) is 0 Å². The van der Waals surface area contributed by atoms with E-state index in [0.717, 1.165) is 25.8 Å². The van der Waals surface area contributed by atoms with Gasteiger partial charge in [0.15, 0.2) is 0 Å². The van der Waals surface area contributed by atoms with Crippen LogP contribution in [0.15, 0.2) is 11.6 Å². The minimum atomic E-state index is -0.277. The first-order valence-electron chi connectivity index (χ1n) is 6.60. The Morgan fingerprint density at radius 2 is 2.41 bits per heavy atom. The van der Waals surface area contributed by atoms with Gasteiger partial charge in [-0.15, -0.1) is 0 Å². The predicted octanol–water partition coefficient (Wildman–Crippen LogP) is 1.11. The van der Waals surface area contributed by atoms with E-state index in [9.17, 15) is 4.79 Å². The summed E-state index contributed by atoms with van der Waals surface area (Å²) in [5.74, 6) is 0.0274. The van der Waals surface area contributed by atoms with Crippen molar-refractivity contribution in [3.63, 3.8) is 0 Å². The fourth-order valence-electron chi connectivity index (χ4n) is 2.50. The number of carbonyl (C=O) groups excluding carboxylic acids is 1. The summed E-state index contributed by atoms with van der Waals surface area (Å²) in [6.45, 7) is 1.24. The lowest BCUT2D eigenvalue weighted by Crippen LogP contribution is -2.36. The number of hydrogen-bond acceptors (Lipinski definition) is 3. The fourth-order valence-corrected chi connectivity index (χ4v) is 2.50. The van der Waals surface area contributed by atoms with E-state index in [-0.39, 0.29) is 18.1 Å². The van der Waals surface area contributed by atoms with Gasteiger partial charge in [-0.05, 0) is 38.5 Å². The molecular formula is C13H22N2O2. The minimum absolute atomic E-state index is 0.0274. The van der Waals surface area contributed by atoms with Crippen molar-refractivity contribution in [2.24, 2.45) is 5.73 Å². The van der Waals surface area contributed by atoms with Gasteiger partial charge in [0.05, 0.1) is 6.10 Å². The summed E-state index contributed by atoms with van der Waals surface area (Å²) < 4.78 is 5.54. The normalized spacial score (nSPS) is 28.2. The van der Waals surface area contributed by atoms with Crippen molar-refractivity contribution < 1.29 is 9.53 Å². The van der Waals surface area contributed by atoms with E-state index < -0.39 is 0 Å². The van der Waals surface area contributed by atoms with E-state index in [1.165, 1.54) is 24.8 Å². The highest BCUT2D eigenvalue weighted by Crippen LogP contribution is 2.21. The average molecular weight is 238 g/mol. The molecule has 1 saturated heterocycles. The number of amides is 1. The van der Waals surface area contributed by atoms with Crippen LogP contribution in [0, 0.1) is 0 Å². The molecule has 0 saturated carbocycles. The van der Waals surface area contributed by atoms with Crippen molar-refractivity contribution in [2.45, 2.75) is 50.7 Å². The van der Waals surface area contributed by atoms with Crippen LogP contribution in [0.4, 0.5) is 0 Å². The number of carbonyl (C=O) groups is 1. The number of nitrogens with two attached hydrogens (primary N) is 1. The molecule has 1 aliphatic carbocycles. The van der Waals surface area contributed by atoms with Crippen molar-refractivity contribution in [1.29, 1.82) is 0 Å². The molecule has 0 aromatic heterocycles. The molecule has 96 valence electrons. The molecule has 0 aromatic carbocycles. The Labute approximate surface area is 103 Å². The smallest absolute Gasteiger partial charge is 0.249 e. The second-order valence-corrected chi connectivity index (χ2v) is 4.86. The molecule has 1 heterocycles. The zero-order chi connectivity index (χ0) is 12.1. The molecule has 1 amide bonds. The molecule has 0 spiro atoms.